The van der Waals surface area contributed by atoms with Crippen LogP contribution in [0.2, 0.25) is 0 Å². The van der Waals surface area contributed by atoms with E-state index in [2.05, 4.69) is 6.92 Å². The molecule has 0 aromatic rings. The fourth-order valence-electron chi connectivity index (χ4n) is 8.51. The molecule has 0 aromatic heterocycles. The molecule has 0 aromatic carbocycles. The summed E-state index contributed by atoms with van der Waals surface area (Å²) in [4.78, 5) is 38.9. The largest absolute Gasteiger partial charge is 0.459 e. The molecule has 0 saturated heterocycles. The molecule has 0 heterocycles. The van der Waals surface area contributed by atoms with Gasteiger partial charge >= 0.3 is 5.97 Å². The summed E-state index contributed by atoms with van der Waals surface area (Å²) < 4.78 is 6.32. The van der Waals surface area contributed by atoms with Crippen LogP contribution in [0, 0.1) is 53.3 Å². The van der Waals surface area contributed by atoms with Crippen molar-refractivity contribution in [1.29, 1.82) is 0 Å². The van der Waals surface area contributed by atoms with E-state index in [4.69, 9.17) is 4.74 Å². The lowest BCUT2D eigenvalue weighted by molar-refractivity contribution is -0.177. The second-order valence-corrected chi connectivity index (χ2v) is 10.9. The third-order valence-corrected chi connectivity index (χ3v) is 9.91. The summed E-state index contributed by atoms with van der Waals surface area (Å²) in [6.45, 7) is 2.15. The lowest BCUT2D eigenvalue weighted by Gasteiger charge is -2.46. The number of allylic oxidation sites excluding steroid dienone is 2. The van der Waals surface area contributed by atoms with Crippen molar-refractivity contribution in [2.24, 2.45) is 53.3 Å². The van der Waals surface area contributed by atoms with Crippen LogP contribution in [0.3, 0.4) is 0 Å². The van der Waals surface area contributed by atoms with Crippen LogP contribution in [0.1, 0.15) is 64.7 Å². The van der Waals surface area contributed by atoms with Crippen LogP contribution in [-0.2, 0) is 19.1 Å². The van der Waals surface area contributed by atoms with Crippen molar-refractivity contribution in [3.05, 3.63) is 12.2 Å². The predicted octanol–water partition coefficient (Wildman–Crippen LogP) is 4.12. The first kappa shape index (κ1) is 18.3. The number of Topliss-reactive ketones (excluding diaryl/α,β-unsaturated/α-hetero) is 2. The van der Waals surface area contributed by atoms with Crippen LogP contribution in [0.4, 0.5) is 0 Å². The Morgan fingerprint density at radius 1 is 1.03 bits per heavy atom. The Kier molecular flexibility index (Phi) is 3.97. The summed E-state index contributed by atoms with van der Waals surface area (Å²) in [6, 6.07) is 0. The van der Waals surface area contributed by atoms with E-state index in [-0.39, 0.29) is 64.6 Å². The molecule has 0 radical (unpaired) electrons. The Morgan fingerprint density at radius 2 is 1.76 bits per heavy atom. The smallest absolute Gasteiger partial charge is 0.310 e. The third kappa shape index (κ3) is 2.41. The van der Waals surface area contributed by atoms with Crippen molar-refractivity contribution in [2.75, 3.05) is 0 Å². The normalized spacial score (nSPS) is 52.0. The van der Waals surface area contributed by atoms with E-state index in [1.807, 2.05) is 12.2 Å². The predicted molar refractivity (Wildman–Crippen MR) is 107 cm³/mol. The quantitative estimate of drug-likeness (QED) is 0.409. The van der Waals surface area contributed by atoms with Crippen molar-refractivity contribution in [3.63, 3.8) is 0 Å². The van der Waals surface area contributed by atoms with E-state index in [1.54, 1.807) is 0 Å². The van der Waals surface area contributed by atoms with Crippen LogP contribution < -0.4 is 0 Å². The van der Waals surface area contributed by atoms with Crippen LogP contribution >= 0.6 is 0 Å². The van der Waals surface area contributed by atoms with Crippen LogP contribution in [0.5, 0.6) is 0 Å². The van der Waals surface area contributed by atoms with E-state index >= 15 is 0 Å². The highest BCUT2D eigenvalue weighted by Crippen LogP contribution is 2.64. The van der Waals surface area contributed by atoms with Gasteiger partial charge in [0.15, 0.2) is 0 Å². The summed E-state index contributed by atoms with van der Waals surface area (Å²) in [5.74, 6) is 1.25. The zero-order chi connectivity index (χ0) is 19.9. The summed E-state index contributed by atoms with van der Waals surface area (Å²) in [5, 5.41) is 0. The van der Waals surface area contributed by atoms with Gasteiger partial charge in [-0.3, -0.25) is 14.4 Å². The number of carbonyl (C=O) groups excluding carboxylic acids is 3. The summed E-state index contributed by atoms with van der Waals surface area (Å²) in [7, 11) is 0. The van der Waals surface area contributed by atoms with Crippen LogP contribution in [0.15, 0.2) is 12.2 Å². The van der Waals surface area contributed by atoms with Crippen molar-refractivity contribution in [1.82, 2.24) is 0 Å². The first-order valence-corrected chi connectivity index (χ1v) is 12.0. The highest BCUT2D eigenvalue weighted by Gasteiger charge is 2.70. The molecule has 4 heteroatoms. The third-order valence-electron chi connectivity index (χ3n) is 9.91. The Labute approximate surface area is 172 Å². The molecule has 6 aliphatic carbocycles. The fraction of sp³-hybridized carbons (Fsp3) is 0.800. The summed E-state index contributed by atoms with van der Waals surface area (Å²) >= 11 is 0. The monoisotopic (exact) mass is 396 g/mol. The second kappa shape index (κ2) is 6.28. The molecule has 10 atom stereocenters. The van der Waals surface area contributed by atoms with Gasteiger partial charge in [0.2, 0.25) is 0 Å². The number of rotatable bonds is 3. The molecular formula is C25H32O4. The van der Waals surface area contributed by atoms with Crippen molar-refractivity contribution >= 4 is 17.5 Å². The first-order valence-electron chi connectivity index (χ1n) is 12.0. The molecule has 0 N–H and O–H groups in total. The van der Waals surface area contributed by atoms with Gasteiger partial charge in [-0.25, -0.2) is 0 Å². The Bertz CT molecular complexity index is 799. The highest BCUT2D eigenvalue weighted by molar-refractivity contribution is 6.01. The van der Waals surface area contributed by atoms with Crippen LogP contribution in [0.25, 0.3) is 0 Å². The molecular weight excluding hydrogens is 364 g/mol. The molecule has 0 spiro atoms. The van der Waals surface area contributed by atoms with Gasteiger partial charge in [0, 0.05) is 23.7 Å². The van der Waals surface area contributed by atoms with E-state index in [1.165, 1.54) is 32.1 Å². The van der Waals surface area contributed by atoms with E-state index in [0.717, 1.165) is 25.2 Å². The average Bonchev–Trinajstić information content (AvgIpc) is 3.44. The minimum absolute atomic E-state index is 0.0629. The Balaban J connectivity index is 1.21. The number of hydrogen-bond donors (Lipinski definition) is 0. The number of carbonyl (C=O) groups is 3. The summed E-state index contributed by atoms with van der Waals surface area (Å²) in [6.07, 6.45) is 13.9. The number of esters is 1. The van der Waals surface area contributed by atoms with Gasteiger partial charge in [0.05, 0.1) is 5.92 Å². The second-order valence-electron chi connectivity index (χ2n) is 10.9. The first-order chi connectivity index (χ1) is 14.0. The van der Waals surface area contributed by atoms with Crippen LogP contribution in [-0.4, -0.2) is 23.1 Å². The molecule has 4 nitrogen and oxygen atoms in total. The topological polar surface area (TPSA) is 60.4 Å². The molecule has 29 heavy (non-hydrogen) atoms. The molecule has 6 rings (SSSR count). The van der Waals surface area contributed by atoms with Gasteiger partial charge in [-0.05, 0) is 55.8 Å². The number of fused-ring (bicyclic) bond motifs is 10. The number of ketones is 2. The van der Waals surface area contributed by atoms with Gasteiger partial charge in [0.1, 0.15) is 17.2 Å². The average molecular weight is 397 g/mol. The lowest BCUT2D eigenvalue weighted by atomic mass is 9.65. The van der Waals surface area contributed by atoms with Crippen molar-refractivity contribution in [2.45, 2.75) is 70.3 Å². The minimum atomic E-state index is -0.329. The Hall–Kier alpha value is -1.45. The number of hydrogen-bond acceptors (Lipinski definition) is 4. The van der Waals surface area contributed by atoms with Gasteiger partial charge in [-0.15, -0.1) is 0 Å². The van der Waals surface area contributed by atoms with Gasteiger partial charge in [-0.1, -0.05) is 44.8 Å². The van der Waals surface area contributed by atoms with E-state index in [9.17, 15) is 14.4 Å². The molecule has 4 bridgehead atoms. The van der Waals surface area contributed by atoms with Crippen molar-refractivity contribution < 1.29 is 19.1 Å². The molecule has 5 fully saturated rings. The lowest BCUT2D eigenvalue weighted by Crippen LogP contribution is -2.46. The van der Waals surface area contributed by atoms with Gasteiger partial charge in [0.25, 0.3) is 0 Å². The SMILES string of the molecule is CCC1(OC(=O)C2CC3C(=O)C2C2C4C=CC(C4=O)C32)CCC2CCCCC2C1. The molecule has 6 aliphatic rings. The maximum absolute atomic E-state index is 13.4. The Morgan fingerprint density at radius 3 is 2.52 bits per heavy atom. The maximum atomic E-state index is 13.4. The minimum Gasteiger partial charge on any atom is -0.459 e. The molecule has 0 amide bonds. The molecule has 156 valence electrons. The maximum Gasteiger partial charge on any atom is 0.310 e. The van der Waals surface area contributed by atoms with E-state index < -0.39 is 0 Å². The van der Waals surface area contributed by atoms with E-state index in [0.29, 0.717) is 12.3 Å². The number of ether oxygens (including phenoxy) is 1. The highest BCUT2D eigenvalue weighted by atomic mass is 16.6. The fourth-order valence-corrected chi connectivity index (χ4v) is 8.51. The molecule has 5 saturated carbocycles. The van der Waals surface area contributed by atoms with Crippen molar-refractivity contribution in [3.8, 4) is 0 Å². The molecule has 10 unspecified atom stereocenters. The zero-order valence-corrected chi connectivity index (χ0v) is 17.3. The van der Waals surface area contributed by atoms with Gasteiger partial charge in [-0.2, -0.15) is 0 Å². The zero-order valence-electron chi connectivity index (χ0n) is 17.3. The van der Waals surface area contributed by atoms with Gasteiger partial charge < -0.3 is 4.74 Å². The standard InChI is InChI=1S/C25H32O4/c1-2-25(10-9-13-5-3-4-6-14(13)12-25)29-24(28)18-11-17-19-15-7-8-16(22(15)26)20(19)21(18)23(17)27/h7-8,13-21H,2-6,9-12H2,1H3. The molecule has 0 aliphatic heterocycles. The summed E-state index contributed by atoms with van der Waals surface area (Å²) in [5.41, 5.74) is -0.329.